The Bertz CT molecular complexity index is 659. The molecule has 0 bridgehead atoms. The molecule has 0 aliphatic carbocycles. The number of unbranched alkanes of at least 4 members (excludes halogenated alkanes) is 1. The van der Waals surface area contributed by atoms with Crippen LogP contribution < -0.4 is 10.6 Å². The highest BCUT2D eigenvalue weighted by molar-refractivity contribution is 5.75. The van der Waals surface area contributed by atoms with Crippen LogP contribution in [0.5, 0.6) is 0 Å². The molecule has 1 unspecified atom stereocenters. The van der Waals surface area contributed by atoms with Crippen LogP contribution in [0.2, 0.25) is 0 Å². The van der Waals surface area contributed by atoms with Crippen molar-refractivity contribution >= 4 is 18.2 Å². The van der Waals surface area contributed by atoms with E-state index in [1.807, 2.05) is 6.07 Å². The lowest BCUT2D eigenvalue weighted by molar-refractivity contribution is -0.148. The van der Waals surface area contributed by atoms with Crippen LogP contribution in [0, 0.1) is 0 Å². The van der Waals surface area contributed by atoms with Gasteiger partial charge in [-0.25, -0.2) is 14.4 Å². The molecule has 29 heavy (non-hydrogen) atoms. The lowest BCUT2D eigenvalue weighted by Crippen LogP contribution is -2.47. The van der Waals surface area contributed by atoms with Crippen molar-refractivity contribution in [3.05, 3.63) is 35.9 Å². The highest BCUT2D eigenvalue weighted by atomic mass is 16.6. The third-order valence-electron chi connectivity index (χ3n) is 3.76. The summed E-state index contributed by atoms with van der Waals surface area (Å²) in [5.74, 6) is -1.44. The number of aliphatic hydroxyl groups is 1. The van der Waals surface area contributed by atoms with Gasteiger partial charge in [0.05, 0.1) is 6.04 Å². The summed E-state index contributed by atoms with van der Waals surface area (Å²) in [4.78, 5) is 34.6. The Morgan fingerprint density at radius 2 is 1.72 bits per heavy atom. The number of hydrogen-bond donors (Lipinski definition) is 4. The molecule has 0 spiro atoms. The highest BCUT2D eigenvalue weighted by Crippen LogP contribution is 2.09. The van der Waals surface area contributed by atoms with Gasteiger partial charge in [0.15, 0.2) is 6.10 Å². The number of amides is 2. The summed E-state index contributed by atoms with van der Waals surface area (Å²) >= 11 is 0. The van der Waals surface area contributed by atoms with Gasteiger partial charge in [-0.1, -0.05) is 30.3 Å². The lowest BCUT2D eigenvalue weighted by Gasteiger charge is -2.21. The minimum absolute atomic E-state index is 0.0301. The Morgan fingerprint density at radius 1 is 1.07 bits per heavy atom. The number of nitrogens with one attached hydrogen (secondary N) is 2. The fraction of sp³-hybridized carbons (Fsp3) is 0.550. The Kier molecular flexibility index (Phi) is 9.94. The predicted octanol–water partition coefficient (Wildman–Crippen LogP) is 2.42. The molecule has 0 aromatic heterocycles. The molecule has 0 saturated carbocycles. The molecule has 9 nitrogen and oxygen atoms in total. The third-order valence-corrected chi connectivity index (χ3v) is 3.76. The van der Waals surface area contributed by atoms with E-state index in [4.69, 9.17) is 14.6 Å². The normalized spacial score (nSPS) is 13.1. The summed E-state index contributed by atoms with van der Waals surface area (Å²) in [7, 11) is 0. The van der Waals surface area contributed by atoms with Crippen molar-refractivity contribution in [1.82, 2.24) is 10.6 Å². The van der Waals surface area contributed by atoms with E-state index in [1.54, 1.807) is 45.0 Å². The zero-order valence-electron chi connectivity index (χ0n) is 17.0. The summed E-state index contributed by atoms with van der Waals surface area (Å²) in [5.41, 5.74) is 0.191. The number of aliphatic hydroxyl groups excluding tert-OH is 1. The second kappa shape index (κ2) is 11.9. The number of carboxylic acid groups (broad SMARTS) is 1. The van der Waals surface area contributed by atoms with Crippen molar-refractivity contribution in [2.24, 2.45) is 0 Å². The number of alkyl carbamates (subject to hydrolysis) is 2. The quantitative estimate of drug-likeness (QED) is 0.435. The number of benzene rings is 1. The molecule has 2 atom stereocenters. The van der Waals surface area contributed by atoms with Crippen molar-refractivity contribution in [2.45, 2.75) is 64.4 Å². The predicted molar refractivity (Wildman–Crippen MR) is 105 cm³/mol. The zero-order chi connectivity index (χ0) is 21.9. The number of carbonyl (C=O) groups excluding carboxylic acids is 2. The number of carbonyl (C=O) groups is 3. The molecule has 1 aromatic rings. The van der Waals surface area contributed by atoms with E-state index in [0.29, 0.717) is 19.4 Å². The number of hydrogen-bond acceptors (Lipinski definition) is 6. The maximum atomic E-state index is 12.0. The molecule has 0 heterocycles. The Labute approximate surface area is 170 Å². The summed E-state index contributed by atoms with van der Waals surface area (Å²) in [6.07, 6.45) is -1.94. The molecule has 9 heteroatoms. The number of carboxylic acids is 1. The van der Waals surface area contributed by atoms with Crippen LogP contribution in [0.4, 0.5) is 9.59 Å². The van der Waals surface area contributed by atoms with Gasteiger partial charge in [0.2, 0.25) is 0 Å². The molecule has 0 saturated heterocycles. The first kappa shape index (κ1) is 24.2. The van der Waals surface area contributed by atoms with Crippen molar-refractivity contribution < 1.29 is 34.1 Å². The molecule has 4 N–H and O–H groups in total. The van der Waals surface area contributed by atoms with E-state index < -0.39 is 35.9 Å². The second-order valence-corrected chi connectivity index (χ2v) is 7.52. The summed E-state index contributed by atoms with van der Waals surface area (Å²) in [6.45, 7) is 5.62. The molecule has 0 radical (unpaired) electrons. The van der Waals surface area contributed by atoms with Gasteiger partial charge >= 0.3 is 18.2 Å². The van der Waals surface area contributed by atoms with Gasteiger partial charge in [-0.3, -0.25) is 0 Å². The van der Waals surface area contributed by atoms with Gasteiger partial charge in [-0.05, 0) is 45.6 Å². The van der Waals surface area contributed by atoms with E-state index in [9.17, 15) is 19.5 Å². The fourth-order valence-electron chi connectivity index (χ4n) is 2.39. The summed E-state index contributed by atoms with van der Waals surface area (Å²) in [6, 6.07) is 8.00. The molecular formula is C20H30N2O7. The Balaban J connectivity index is 2.40. The number of rotatable bonds is 10. The molecule has 1 rings (SSSR count). The standard InChI is InChI=1S/C20H30N2O7/c1-20(2,3)29-18(26)21-12-8-7-11-15(16(23)17(24)25)22-19(27)28-13-14-9-5-4-6-10-14/h4-6,9-10,15-16,23H,7-8,11-13H2,1-3H3,(H,21,26)(H,22,27)(H,24,25)/t15-,16?/m0/s1. The van der Waals surface area contributed by atoms with Crippen LogP contribution in [0.3, 0.4) is 0 Å². The first-order chi connectivity index (χ1) is 13.6. The maximum absolute atomic E-state index is 12.0. The van der Waals surface area contributed by atoms with Crippen molar-refractivity contribution in [3.8, 4) is 0 Å². The second-order valence-electron chi connectivity index (χ2n) is 7.52. The summed E-state index contributed by atoms with van der Waals surface area (Å²) in [5, 5.41) is 23.9. The molecule has 0 fully saturated rings. The largest absolute Gasteiger partial charge is 0.479 e. The zero-order valence-corrected chi connectivity index (χ0v) is 17.0. The highest BCUT2D eigenvalue weighted by Gasteiger charge is 2.27. The van der Waals surface area contributed by atoms with Gasteiger partial charge in [0.25, 0.3) is 0 Å². The van der Waals surface area contributed by atoms with Crippen molar-refractivity contribution in [3.63, 3.8) is 0 Å². The Morgan fingerprint density at radius 3 is 2.31 bits per heavy atom. The van der Waals surface area contributed by atoms with Crippen LogP contribution in [0.15, 0.2) is 30.3 Å². The first-order valence-corrected chi connectivity index (χ1v) is 9.43. The van der Waals surface area contributed by atoms with Gasteiger partial charge in [-0.2, -0.15) is 0 Å². The van der Waals surface area contributed by atoms with Crippen molar-refractivity contribution in [1.29, 1.82) is 0 Å². The van der Waals surface area contributed by atoms with Crippen molar-refractivity contribution in [2.75, 3.05) is 6.54 Å². The van der Waals surface area contributed by atoms with E-state index in [0.717, 1.165) is 5.56 Å². The van der Waals surface area contributed by atoms with Crippen LogP contribution >= 0.6 is 0 Å². The van der Waals surface area contributed by atoms with E-state index in [-0.39, 0.29) is 13.0 Å². The molecular weight excluding hydrogens is 380 g/mol. The van der Waals surface area contributed by atoms with E-state index >= 15 is 0 Å². The molecule has 0 aliphatic rings. The maximum Gasteiger partial charge on any atom is 0.407 e. The van der Waals surface area contributed by atoms with Gasteiger partial charge in [0.1, 0.15) is 12.2 Å². The summed E-state index contributed by atoms with van der Waals surface area (Å²) < 4.78 is 10.2. The Hall–Kier alpha value is -2.81. The average Bonchev–Trinajstić information content (AvgIpc) is 2.64. The average molecular weight is 410 g/mol. The van der Waals surface area contributed by atoms with Crippen LogP contribution in [-0.2, 0) is 20.9 Å². The minimum atomic E-state index is -1.77. The molecule has 2 amide bonds. The first-order valence-electron chi connectivity index (χ1n) is 9.43. The van der Waals surface area contributed by atoms with E-state index in [2.05, 4.69) is 10.6 Å². The van der Waals surface area contributed by atoms with Crippen LogP contribution in [0.25, 0.3) is 0 Å². The fourth-order valence-corrected chi connectivity index (χ4v) is 2.39. The van der Waals surface area contributed by atoms with Crippen LogP contribution in [0.1, 0.15) is 45.6 Å². The van der Waals surface area contributed by atoms with Gasteiger partial charge in [-0.15, -0.1) is 0 Å². The third kappa shape index (κ3) is 10.9. The minimum Gasteiger partial charge on any atom is -0.479 e. The number of aliphatic carboxylic acids is 1. The number of ether oxygens (including phenoxy) is 2. The molecule has 1 aromatic carbocycles. The van der Waals surface area contributed by atoms with Gasteiger partial charge < -0.3 is 30.3 Å². The topological polar surface area (TPSA) is 134 Å². The smallest absolute Gasteiger partial charge is 0.407 e. The molecule has 0 aliphatic heterocycles. The van der Waals surface area contributed by atoms with Crippen LogP contribution in [-0.4, -0.2) is 52.7 Å². The van der Waals surface area contributed by atoms with Gasteiger partial charge in [0, 0.05) is 6.54 Å². The molecule has 162 valence electrons. The SMILES string of the molecule is CC(C)(C)OC(=O)NCCCC[C@H](NC(=O)OCc1ccccc1)C(O)C(=O)O. The van der Waals surface area contributed by atoms with E-state index in [1.165, 1.54) is 0 Å². The monoisotopic (exact) mass is 410 g/mol. The lowest BCUT2D eigenvalue weighted by atomic mass is 10.0.